The van der Waals surface area contributed by atoms with Crippen LogP contribution in [0.4, 0.5) is 4.79 Å². The summed E-state index contributed by atoms with van der Waals surface area (Å²) >= 11 is 0. The molecule has 1 aromatic rings. The Bertz CT molecular complexity index is 548. The number of nitrogens with one attached hydrogen (secondary N) is 1. The third-order valence-corrected chi connectivity index (χ3v) is 5.33. The summed E-state index contributed by atoms with van der Waals surface area (Å²) in [7, 11) is 5.95. The Balaban J connectivity index is 1.61. The molecular weight excluding hydrogens is 290 g/mol. The number of urea groups is 1. The first-order chi connectivity index (χ1) is 11.0. The molecule has 1 aliphatic carbocycles. The molecule has 1 heterocycles. The molecule has 23 heavy (non-hydrogen) atoms. The average Bonchev–Trinajstić information content (AvgIpc) is 2.84. The largest absolute Gasteiger partial charge is 0.497 e. The Morgan fingerprint density at radius 2 is 1.91 bits per heavy atom. The predicted octanol–water partition coefficient (Wildman–Crippen LogP) is 2.46. The summed E-state index contributed by atoms with van der Waals surface area (Å²) < 4.78 is 5.18. The van der Waals surface area contributed by atoms with E-state index in [4.69, 9.17) is 4.74 Å². The van der Waals surface area contributed by atoms with Crippen molar-refractivity contribution in [1.29, 1.82) is 0 Å². The summed E-state index contributed by atoms with van der Waals surface area (Å²) in [6.45, 7) is 1.48. The van der Waals surface area contributed by atoms with Crippen molar-refractivity contribution >= 4 is 6.03 Å². The van der Waals surface area contributed by atoms with E-state index < -0.39 is 0 Å². The highest BCUT2D eigenvalue weighted by Gasteiger charge is 2.44. The fourth-order valence-electron chi connectivity index (χ4n) is 3.82. The van der Waals surface area contributed by atoms with Crippen LogP contribution in [-0.4, -0.2) is 55.2 Å². The number of ether oxygens (including phenoxy) is 1. The van der Waals surface area contributed by atoms with Crippen molar-refractivity contribution in [3.63, 3.8) is 0 Å². The molecule has 0 bridgehead atoms. The molecule has 1 N–H and O–H groups in total. The number of benzene rings is 1. The highest BCUT2D eigenvalue weighted by Crippen LogP contribution is 2.34. The third kappa shape index (κ3) is 3.44. The number of rotatable bonds is 4. The van der Waals surface area contributed by atoms with Crippen LogP contribution in [0.1, 0.15) is 31.2 Å². The number of hydrogen-bond donors (Lipinski definition) is 1. The predicted molar refractivity (Wildman–Crippen MR) is 90.6 cm³/mol. The Morgan fingerprint density at radius 3 is 2.48 bits per heavy atom. The van der Waals surface area contributed by atoms with Crippen molar-refractivity contribution in [2.75, 3.05) is 27.7 Å². The normalized spacial score (nSPS) is 27.6. The van der Waals surface area contributed by atoms with Crippen LogP contribution in [0.25, 0.3) is 0 Å². The number of hydrogen-bond acceptors (Lipinski definition) is 3. The summed E-state index contributed by atoms with van der Waals surface area (Å²) in [6, 6.07) is 8.67. The van der Waals surface area contributed by atoms with Gasteiger partial charge in [0.2, 0.25) is 0 Å². The second-order valence-corrected chi connectivity index (χ2v) is 7.11. The molecule has 1 saturated carbocycles. The van der Waals surface area contributed by atoms with Crippen molar-refractivity contribution in [1.82, 2.24) is 15.1 Å². The van der Waals surface area contributed by atoms with E-state index in [0.29, 0.717) is 12.6 Å². The van der Waals surface area contributed by atoms with Gasteiger partial charge in [-0.3, -0.25) is 0 Å². The van der Waals surface area contributed by atoms with Gasteiger partial charge in [0, 0.05) is 19.1 Å². The van der Waals surface area contributed by atoms with Gasteiger partial charge in [-0.2, -0.15) is 0 Å². The monoisotopic (exact) mass is 317 g/mol. The van der Waals surface area contributed by atoms with E-state index in [1.54, 1.807) is 7.11 Å². The van der Waals surface area contributed by atoms with E-state index in [2.05, 4.69) is 24.3 Å². The van der Waals surface area contributed by atoms with Crippen molar-refractivity contribution < 1.29 is 9.53 Å². The summed E-state index contributed by atoms with van der Waals surface area (Å²) in [6.07, 6.45) is 4.45. The van der Waals surface area contributed by atoms with E-state index in [-0.39, 0.29) is 11.6 Å². The minimum absolute atomic E-state index is 0.0178. The van der Waals surface area contributed by atoms with E-state index in [9.17, 15) is 4.79 Å². The molecule has 1 saturated heterocycles. The van der Waals surface area contributed by atoms with Gasteiger partial charge in [-0.15, -0.1) is 0 Å². The van der Waals surface area contributed by atoms with Crippen molar-refractivity contribution in [3.05, 3.63) is 29.8 Å². The molecule has 126 valence electrons. The zero-order chi connectivity index (χ0) is 16.4. The van der Waals surface area contributed by atoms with Crippen LogP contribution >= 0.6 is 0 Å². The lowest BCUT2D eigenvalue weighted by Crippen LogP contribution is -2.49. The first-order valence-electron chi connectivity index (χ1n) is 8.38. The van der Waals surface area contributed by atoms with Gasteiger partial charge in [0.25, 0.3) is 0 Å². The van der Waals surface area contributed by atoms with Crippen LogP contribution in [0.5, 0.6) is 5.75 Å². The Morgan fingerprint density at radius 1 is 1.26 bits per heavy atom. The van der Waals surface area contributed by atoms with Crippen LogP contribution in [-0.2, 0) is 6.54 Å². The van der Waals surface area contributed by atoms with Gasteiger partial charge in [0.1, 0.15) is 5.75 Å². The summed E-state index contributed by atoms with van der Waals surface area (Å²) in [5.41, 5.74) is 1.12. The zero-order valence-electron chi connectivity index (χ0n) is 14.3. The van der Waals surface area contributed by atoms with Gasteiger partial charge in [-0.1, -0.05) is 12.1 Å². The molecule has 1 spiro atoms. The SMILES string of the molecule is COc1ccc(CN2C[C@]3(CC[C@H](N(C)C)CC3)NC2=O)cc1. The van der Waals surface area contributed by atoms with Gasteiger partial charge < -0.3 is 19.9 Å². The number of amides is 2. The second kappa shape index (κ2) is 6.40. The fourth-order valence-corrected chi connectivity index (χ4v) is 3.82. The van der Waals surface area contributed by atoms with Crippen molar-refractivity contribution in [3.8, 4) is 5.75 Å². The molecule has 1 aromatic carbocycles. The van der Waals surface area contributed by atoms with Crippen molar-refractivity contribution in [2.45, 2.75) is 43.8 Å². The highest BCUT2D eigenvalue weighted by atomic mass is 16.5. The zero-order valence-corrected chi connectivity index (χ0v) is 14.3. The maximum Gasteiger partial charge on any atom is 0.318 e. The number of nitrogens with zero attached hydrogens (tertiary/aromatic N) is 2. The van der Waals surface area contributed by atoms with Gasteiger partial charge >= 0.3 is 6.03 Å². The summed E-state index contributed by atoms with van der Waals surface area (Å²) in [5.74, 6) is 0.845. The van der Waals surface area contributed by atoms with E-state index in [0.717, 1.165) is 43.5 Å². The van der Waals surface area contributed by atoms with Gasteiger partial charge in [0.05, 0.1) is 12.6 Å². The van der Waals surface area contributed by atoms with Gasteiger partial charge in [0.15, 0.2) is 0 Å². The quantitative estimate of drug-likeness (QED) is 0.928. The molecule has 0 aromatic heterocycles. The lowest BCUT2D eigenvalue weighted by atomic mass is 9.79. The minimum atomic E-state index is -0.0178. The molecule has 0 radical (unpaired) electrons. The maximum atomic E-state index is 12.4. The molecule has 2 amide bonds. The van der Waals surface area contributed by atoms with Crippen LogP contribution in [0, 0.1) is 0 Å². The summed E-state index contributed by atoms with van der Waals surface area (Å²) in [5, 5.41) is 3.27. The number of methoxy groups -OCH3 is 1. The standard InChI is InChI=1S/C18H27N3O2/c1-20(2)15-8-10-18(11-9-15)13-21(17(22)19-18)12-14-4-6-16(23-3)7-5-14/h4-7,15H,8-13H2,1-3H3,(H,19,22)/t15-,18+. The molecule has 2 aliphatic rings. The van der Waals surface area contributed by atoms with Crippen LogP contribution in [0.15, 0.2) is 24.3 Å². The smallest absolute Gasteiger partial charge is 0.318 e. The Kier molecular flexibility index (Phi) is 4.48. The maximum absolute atomic E-state index is 12.4. The van der Waals surface area contributed by atoms with Crippen LogP contribution < -0.4 is 10.1 Å². The lowest BCUT2D eigenvalue weighted by molar-refractivity contribution is 0.160. The molecular formula is C18H27N3O2. The van der Waals surface area contributed by atoms with E-state index >= 15 is 0 Å². The first kappa shape index (κ1) is 16.1. The molecule has 0 unspecified atom stereocenters. The Hall–Kier alpha value is -1.75. The molecule has 3 rings (SSSR count). The molecule has 5 heteroatoms. The van der Waals surface area contributed by atoms with Crippen molar-refractivity contribution in [2.24, 2.45) is 0 Å². The topological polar surface area (TPSA) is 44.8 Å². The highest BCUT2D eigenvalue weighted by molar-refractivity contribution is 5.78. The number of carbonyl (C=O) groups is 1. The first-order valence-corrected chi connectivity index (χ1v) is 8.38. The van der Waals surface area contributed by atoms with Crippen LogP contribution in [0.3, 0.4) is 0 Å². The van der Waals surface area contributed by atoms with E-state index in [1.165, 1.54) is 0 Å². The van der Waals surface area contributed by atoms with Gasteiger partial charge in [-0.05, 0) is 57.5 Å². The molecule has 1 aliphatic heterocycles. The minimum Gasteiger partial charge on any atom is -0.497 e. The molecule has 0 atom stereocenters. The average molecular weight is 317 g/mol. The fraction of sp³-hybridized carbons (Fsp3) is 0.611. The van der Waals surface area contributed by atoms with E-state index in [1.807, 2.05) is 29.2 Å². The molecule has 5 nitrogen and oxygen atoms in total. The summed E-state index contributed by atoms with van der Waals surface area (Å²) in [4.78, 5) is 16.6. The molecule has 2 fully saturated rings. The second-order valence-electron chi connectivity index (χ2n) is 7.11. The van der Waals surface area contributed by atoms with Gasteiger partial charge in [-0.25, -0.2) is 4.79 Å². The lowest BCUT2D eigenvalue weighted by Gasteiger charge is -2.39. The Labute approximate surface area is 138 Å². The van der Waals surface area contributed by atoms with Crippen LogP contribution in [0.2, 0.25) is 0 Å². The number of carbonyl (C=O) groups excluding carboxylic acids is 1. The third-order valence-electron chi connectivity index (χ3n) is 5.33.